The SMILES string of the molecule is CNC(Cc1ccnc(N)c1)C(C)(C)c1ccccc1. The third kappa shape index (κ3) is 3.17. The highest BCUT2D eigenvalue weighted by molar-refractivity contribution is 5.33. The van der Waals surface area contributed by atoms with Gasteiger partial charge in [0.1, 0.15) is 5.82 Å². The summed E-state index contributed by atoms with van der Waals surface area (Å²) >= 11 is 0. The summed E-state index contributed by atoms with van der Waals surface area (Å²) in [6, 6.07) is 14.9. The number of hydrogen-bond donors (Lipinski definition) is 2. The molecule has 1 aromatic carbocycles. The summed E-state index contributed by atoms with van der Waals surface area (Å²) in [7, 11) is 2.01. The zero-order valence-electron chi connectivity index (χ0n) is 12.4. The van der Waals surface area contributed by atoms with E-state index in [-0.39, 0.29) is 5.41 Å². The first-order chi connectivity index (χ1) is 9.54. The quantitative estimate of drug-likeness (QED) is 0.877. The van der Waals surface area contributed by atoms with Gasteiger partial charge in [0.15, 0.2) is 0 Å². The summed E-state index contributed by atoms with van der Waals surface area (Å²) in [5.41, 5.74) is 8.34. The first-order valence-corrected chi connectivity index (χ1v) is 6.97. The van der Waals surface area contributed by atoms with Crippen molar-refractivity contribution in [3.05, 3.63) is 59.8 Å². The van der Waals surface area contributed by atoms with Crippen LogP contribution in [0.25, 0.3) is 0 Å². The van der Waals surface area contributed by atoms with Gasteiger partial charge in [-0.1, -0.05) is 44.2 Å². The van der Waals surface area contributed by atoms with Gasteiger partial charge in [0, 0.05) is 17.7 Å². The summed E-state index contributed by atoms with van der Waals surface area (Å²) in [6.07, 6.45) is 2.69. The average molecular weight is 269 g/mol. The van der Waals surface area contributed by atoms with E-state index in [0.29, 0.717) is 11.9 Å². The molecule has 0 radical (unpaired) electrons. The fourth-order valence-electron chi connectivity index (χ4n) is 2.64. The molecule has 20 heavy (non-hydrogen) atoms. The highest BCUT2D eigenvalue weighted by Gasteiger charge is 2.30. The average Bonchev–Trinajstić information content (AvgIpc) is 2.45. The maximum Gasteiger partial charge on any atom is 0.123 e. The number of likely N-dealkylation sites (N-methyl/N-ethyl adjacent to an activating group) is 1. The van der Waals surface area contributed by atoms with Crippen LogP contribution in [0.3, 0.4) is 0 Å². The molecular formula is C17H23N3. The molecule has 0 saturated carbocycles. The molecule has 1 heterocycles. The van der Waals surface area contributed by atoms with E-state index in [2.05, 4.69) is 54.5 Å². The minimum Gasteiger partial charge on any atom is -0.384 e. The van der Waals surface area contributed by atoms with E-state index in [1.54, 1.807) is 6.20 Å². The van der Waals surface area contributed by atoms with Crippen LogP contribution in [0.2, 0.25) is 0 Å². The zero-order valence-corrected chi connectivity index (χ0v) is 12.4. The summed E-state index contributed by atoms with van der Waals surface area (Å²) in [5, 5.41) is 3.45. The number of anilines is 1. The number of nitrogen functional groups attached to an aromatic ring is 1. The van der Waals surface area contributed by atoms with Crippen molar-refractivity contribution in [1.29, 1.82) is 0 Å². The Morgan fingerprint density at radius 2 is 1.90 bits per heavy atom. The molecule has 0 bridgehead atoms. The van der Waals surface area contributed by atoms with Gasteiger partial charge in [-0.3, -0.25) is 0 Å². The van der Waals surface area contributed by atoms with Gasteiger partial charge in [-0.2, -0.15) is 0 Å². The Labute approximate surface area is 121 Å². The first kappa shape index (κ1) is 14.5. The van der Waals surface area contributed by atoms with Gasteiger partial charge in [0.25, 0.3) is 0 Å². The molecular weight excluding hydrogens is 246 g/mol. The minimum atomic E-state index is 0.0358. The van der Waals surface area contributed by atoms with Crippen LogP contribution in [0.15, 0.2) is 48.7 Å². The van der Waals surface area contributed by atoms with Crippen molar-refractivity contribution in [1.82, 2.24) is 10.3 Å². The van der Waals surface area contributed by atoms with Gasteiger partial charge < -0.3 is 11.1 Å². The normalized spacial score (nSPS) is 13.2. The van der Waals surface area contributed by atoms with Crippen molar-refractivity contribution in [2.75, 3.05) is 12.8 Å². The van der Waals surface area contributed by atoms with E-state index in [1.807, 2.05) is 19.2 Å². The van der Waals surface area contributed by atoms with Crippen molar-refractivity contribution in [3.63, 3.8) is 0 Å². The molecule has 2 aromatic rings. The Balaban J connectivity index is 2.23. The molecule has 1 atom stereocenters. The number of nitrogens with one attached hydrogen (secondary N) is 1. The van der Waals surface area contributed by atoms with Crippen molar-refractivity contribution in [3.8, 4) is 0 Å². The molecule has 2 rings (SSSR count). The highest BCUT2D eigenvalue weighted by atomic mass is 14.9. The van der Waals surface area contributed by atoms with Gasteiger partial charge in [-0.15, -0.1) is 0 Å². The third-order valence-corrected chi connectivity index (χ3v) is 4.02. The summed E-state index contributed by atoms with van der Waals surface area (Å²) in [6.45, 7) is 4.54. The molecule has 0 saturated heterocycles. The van der Waals surface area contributed by atoms with Gasteiger partial charge >= 0.3 is 0 Å². The van der Waals surface area contributed by atoms with Crippen LogP contribution >= 0.6 is 0 Å². The van der Waals surface area contributed by atoms with E-state index in [0.717, 1.165) is 6.42 Å². The Hall–Kier alpha value is -1.87. The Kier molecular flexibility index (Phi) is 4.40. The number of hydrogen-bond acceptors (Lipinski definition) is 3. The molecule has 1 unspecified atom stereocenters. The number of nitrogens with two attached hydrogens (primary N) is 1. The lowest BCUT2D eigenvalue weighted by molar-refractivity contribution is 0.356. The predicted molar refractivity (Wildman–Crippen MR) is 84.7 cm³/mol. The fraction of sp³-hybridized carbons (Fsp3) is 0.353. The summed E-state index contributed by atoms with van der Waals surface area (Å²) in [4.78, 5) is 4.05. The lowest BCUT2D eigenvalue weighted by Crippen LogP contribution is -2.44. The van der Waals surface area contributed by atoms with E-state index in [9.17, 15) is 0 Å². The second kappa shape index (κ2) is 6.06. The van der Waals surface area contributed by atoms with Gasteiger partial charge in [-0.05, 0) is 36.7 Å². The molecule has 1 aromatic heterocycles. The van der Waals surface area contributed by atoms with Crippen LogP contribution in [-0.4, -0.2) is 18.1 Å². The van der Waals surface area contributed by atoms with Gasteiger partial charge in [0.2, 0.25) is 0 Å². The molecule has 3 nitrogen and oxygen atoms in total. The molecule has 0 spiro atoms. The second-order valence-corrected chi connectivity index (χ2v) is 5.72. The minimum absolute atomic E-state index is 0.0358. The van der Waals surface area contributed by atoms with Crippen LogP contribution in [0.4, 0.5) is 5.82 Å². The van der Waals surface area contributed by atoms with Crippen LogP contribution in [0, 0.1) is 0 Å². The topological polar surface area (TPSA) is 50.9 Å². The summed E-state index contributed by atoms with van der Waals surface area (Å²) in [5.74, 6) is 0.579. The van der Waals surface area contributed by atoms with Crippen molar-refractivity contribution >= 4 is 5.82 Å². The van der Waals surface area contributed by atoms with Gasteiger partial charge in [-0.25, -0.2) is 4.98 Å². The number of rotatable bonds is 5. The number of benzene rings is 1. The van der Waals surface area contributed by atoms with Crippen LogP contribution in [0.5, 0.6) is 0 Å². The van der Waals surface area contributed by atoms with Crippen LogP contribution < -0.4 is 11.1 Å². The second-order valence-electron chi connectivity index (χ2n) is 5.72. The van der Waals surface area contributed by atoms with Crippen molar-refractivity contribution in [2.45, 2.75) is 31.7 Å². The molecule has 0 aliphatic heterocycles. The molecule has 3 N–H and O–H groups in total. The molecule has 3 heteroatoms. The van der Waals surface area contributed by atoms with Crippen LogP contribution in [0.1, 0.15) is 25.0 Å². The standard InChI is InChI=1S/C17H23N3/c1-17(2,14-7-5-4-6-8-14)15(19-3)11-13-9-10-20-16(18)12-13/h4-10,12,15,19H,11H2,1-3H3,(H2,18,20). The maximum atomic E-state index is 5.76. The van der Waals surface area contributed by atoms with Crippen LogP contribution in [-0.2, 0) is 11.8 Å². The Bertz CT molecular complexity index is 549. The van der Waals surface area contributed by atoms with Gasteiger partial charge in [0.05, 0.1) is 0 Å². The lowest BCUT2D eigenvalue weighted by Gasteiger charge is -2.35. The van der Waals surface area contributed by atoms with E-state index in [1.165, 1.54) is 11.1 Å². The largest absolute Gasteiger partial charge is 0.384 e. The molecule has 106 valence electrons. The predicted octanol–water partition coefficient (Wildman–Crippen LogP) is 2.77. The summed E-state index contributed by atoms with van der Waals surface area (Å²) < 4.78 is 0. The smallest absolute Gasteiger partial charge is 0.123 e. The monoisotopic (exact) mass is 269 g/mol. The Morgan fingerprint density at radius 3 is 2.50 bits per heavy atom. The molecule has 0 amide bonds. The number of aromatic nitrogens is 1. The maximum absolute atomic E-state index is 5.76. The molecule has 0 aliphatic carbocycles. The van der Waals surface area contributed by atoms with Crippen molar-refractivity contribution in [2.24, 2.45) is 0 Å². The van der Waals surface area contributed by atoms with E-state index in [4.69, 9.17) is 5.73 Å². The zero-order chi connectivity index (χ0) is 14.6. The molecule has 0 aliphatic rings. The number of nitrogens with zero attached hydrogens (tertiary/aromatic N) is 1. The molecule has 0 fully saturated rings. The highest BCUT2D eigenvalue weighted by Crippen LogP contribution is 2.29. The third-order valence-electron chi connectivity index (χ3n) is 4.02. The van der Waals surface area contributed by atoms with Crippen molar-refractivity contribution < 1.29 is 0 Å². The number of pyridine rings is 1. The van der Waals surface area contributed by atoms with E-state index < -0.39 is 0 Å². The fourth-order valence-corrected chi connectivity index (χ4v) is 2.64. The van der Waals surface area contributed by atoms with E-state index >= 15 is 0 Å². The first-order valence-electron chi connectivity index (χ1n) is 6.97. The lowest BCUT2D eigenvalue weighted by atomic mass is 9.75. The Morgan fingerprint density at radius 1 is 1.20 bits per heavy atom.